The van der Waals surface area contributed by atoms with E-state index in [4.69, 9.17) is 9.47 Å². The number of ether oxygens (including phenoxy) is 2. The highest BCUT2D eigenvalue weighted by molar-refractivity contribution is 5.72. The van der Waals surface area contributed by atoms with Crippen LogP contribution in [0.25, 0.3) is 0 Å². The molecule has 3 saturated heterocycles. The molecule has 3 aliphatic rings. The summed E-state index contributed by atoms with van der Waals surface area (Å²) in [6.07, 6.45) is 2.34. The van der Waals surface area contributed by atoms with Gasteiger partial charge < -0.3 is 14.6 Å². The Balaban J connectivity index is 1.91. The second kappa shape index (κ2) is 4.20. The van der Waals surface area contributed by atoms with Gasteiger partial charge in [-0.15, -0.1) is 0 Å². The Morgan fingerprint density at radius 3 is 2.11 bits per heavy atom. The van der Waals surface area contributed by atoms with Gasteiger partial charge in [-0.3, -0.25) is 4.79 Å². The van der Waals surface area contributed by atoms with Gasteiger partial charge in [-0.25, -0.2) is 0 Å². The molecule has 2 bridgehead atoms. The molecule has 3 heterocycles. The zero-order valence-corrected chi connectivity index (χ0v) is 11.2. The van der Waals surface area contributed by atoms with Crippen molar-refractivity contribution in [2.45, 2.75) is 58.0 Å². The Hall–Kier alpha value is -0.610. The first-order chi connectivity index (χ1) is 8.60. The summed E-state index contributed by atoms with van der Waals surface area (Å²) in [5.41, 5.74) is 0. The third kappa shape index (κ3) is 1.42. The summed E-state index contributed by atoms with van der Waals surface area (Å²) in [5.74, 6) is -0.229. The van der Waals surface area contributed by atoms with Gasteiger partial charge in [-0.2, -0.15) is 0 Å². The van der Waals surface area contributed by atoms with E-state index in [9.17, 15) is 9.90 Å². The second-order valence-electron chi connectivity index (χ2n) is 5.97. The highest BCUT2D eigenvalue weighted by atomic mass is 16.5. The molecular weight excluding hydrogens is 232 g/mol. The van der Waals surface area contributed by atoms with E-state index in [-0.39, 0.29) is 36.3 Å². The van der Waals surface area contributed by atoms with Gasteiger partial charge in [0, 0.05) is 11.8 Å². The molecule has 4 nitrogen and oxygen atoms in total. The Morgan fingerprint density at radius 1 is 1.06 bits per heavy atom. The number of hydrogen-bond donors (Lipinski definition) is 1. The Kier molecular flexibility index (Phi) is 2.90. The van der Waals surface area contributed by atoms with E-state index in [1.165, 1.54) is 0 Å². The number of hydrogen-bond acceptors (Lipinski definition) is 3. The van der Waals surface area contributed by atoms with Crippen molar-refractivity contribution in [1.82, 2.24) is 0 Å². The molecule has 3 aliphatic heterocycles. The van der Waals surface area contributed by atoms with E-state index >= 15 is 0 Å². The van der Waals surface area contributed by atoms with Crippen LogP contribution in [0.1, 0.15) is 33.6 Å². The van der Waals surface area contributed by atoms with Crippen molar-refractivity contribution in [3.63, 3.8) is 0 Å². The molecule has 1 N–H and O–H groups in total. The zero-order chi connectivity index (χ0) is 13.0. The number of aliphatic carboxylic acids is 1. The van der Waals surface area contributed by atoms with Crippen molar-refractivity contribution in [3.05, 3.63) is 0 Å². The fraction of sp³-hybridized carbons (Fsp3) is 0.929. The normalized spacial score (nSPS) is 53.7. The van der Waals surface area contributed by atoms with E-state index in [1.54, 1.807) is 0 Å². The summed E-state index contributed by atoms with van der Waals surface area (Å²) in [4.78, 5) is 11.4. The third-order valence-electron chi connectivity index (χ3n) is 5.25. The van der Waals surface area contributed by atoms with Crippen molar-refractivity contribution >= 4 is 5.97 Å². The SMILES string of the molecule is CCC1OC(CC)C2C3OC(C(C)C3C(=O)O)C12. The molecule has 18 heavy (non-hydrogen) atoms. The van der Waals surface area contributed by atoms with E-state index in [0.717, 1.165) is 12.8 Å². The van der Waals surface area contributed by atoms with Crippen molar-refractivity contribution < 1.29 is 19.4 Å². The van der Waals surface area contributed by atoms with E-state index in [2.05, 4.69) is 13.8 Å². The van der Waals surface area contributed by atoms with Crippen LogP contribution in [0.5, 0.6) is 0 Å². The molecule has 4 heteroatoms. The van der Waals surface area contributed by atoms with Gasteiger partial charge in [0.15, 0.2) is 0 Å². The molecule has 102 valence electrons. The Labute approximate surface area is 108 Å². The highest BCUT2D eigenvalue weighted by Gasteiger charge is 2.66. The van der Waals surface area contributed by atoms with Crippen LogP contribution in [0.2, 0.25) is 0 Å². The van der Waals surface area contributed by atoms with Crippen LogP contribution in [0, 0.1) is 23.7 Å². The Morgan fingerprint density at radius 2 is 1.61 bits per heavy atom. The summed E-state index contributed by atoms with van der Waals surface area (Å²) in [6.45, 7) is 6.28. The molecule has 8 unspecified atom stereocenters. The molecule has 0 saturated carbocycles. The van der Waals surface area contributed by atoms with Gasteiger partial charge >= 0.3 is 5.97 Å². The fourth-order valence-electron chi connectivity index (χ4n) is 4.53. The summed E-state index contributed by atoms with van der Waals surface area (Å²) < 4.78 is 12.1. The molecule has 0 amide bonds. The predicted octanol–water partition coefficient (Wildman–Crippen LogP) is 1.92. The highest BCUT2D eigenvalue weighted by Crippen LogP contribution is 2.57. The molecule has 0 aromatic carbocycles. The van der Waals surface area contributed by atoms with Crippen molar-refractivity contribution in [2.75, 3.05) is 0 Å². The van der Waals surface area contributed by atoms with Crippen LogP contribution in [0.15, 0.2) is 0 Å². The summed E-state index contributed by atoms with van der Waals surface area (Å²) in [5, 5.41) is 9.39. The van der Waals surface area contributed by atoms with E-state index in [0.29, 0.717) is 11.8 Å². The maximum Gasteiger partial charge on any atom is 0.309 e. The number of rotatable bonds is 3. The van der Waals surface area contributed by atoms with Crippen LogP contribution in [0.3, 0.4) is 0 Å². The van der Waals surface area contributed by atoms with Crippen LogP contribution in [-0.2, 0) is 14.3 Å². The fourth-order valence-corrected chi connectivity index (χ4v) is 4.53. The first-order valence-electron chi connectivity index (χ1n) is 7.13. The van der Waals surface area contributed by atoms with Gasteiger partial charge in [-0.05, 0) is 18.8 Å². The minimum Gasteiger partial charge on any atom is -0.481 e. The molecule has 8 atom stereocenters. The molecule has 3 rings (SSSR count). The monoisotopic (exact) mass is 254 g/mol. The first kappa shape index (κ1) is 12.4. The quantitative estimate of drug-likeness (QED) is 0.836. The van der Waals surface area contributed by atoms with E-state index < -0.39 is 5.97 Å². The lowest BCUT2D eigenvalue weighted by molar-refractivity contribution is -0.146. The topological polar surface area (TPSA) is 55.8 Å². The summed E-state index contributed by atoms with van der Waals surface area (Å²) in [7, 11) is 0. The maximum atomic E-state index is 11.4. The molecule has 0 aliphatic carbocycles. The Bertz CT molecular complexity index is 356. The lowest BCUT2D eigenvalue weighted by atomic mass is 9.66. The molecule has 0 spiro atoms. The van der Waals surface area contributed by atoms with Gasteiger partial charge in [0.05, 0.1) is 30.3 Å². The largest absolute Gasteiger partial charge is 0.481 e. The van der Waals surface area contributed by atoms with E-state index in [1.807, 2.05) is 6.92 Å². The smallest absolute Gasteiger partial charge is 0.309 e. The average Bonchev–Trinajstić information content (AvgIpc) is 2.95. The number of carboxylic acids is 1. The number of carbonyl (C=O) groups is 1. The first-order valence-corrected chi connectivity index (χ1v) is 7.13. The maximum absolute atomic E-state index is 11.4. The van der Waals surface area contributed by atoms with Gasteiger partial charge in [0.1, 0.15) is 0 Å². The summed E-state index contributed by atoms with van der Waals surface area (Å²) >= 11 is 0. The third-order valence-corrected chi connectivity index (χ3v) is 5.25. The molecular formula is C14H22O4. The standard InChI is InChI=1S/C14H22O4/c1-4-7-10-11(8(5-2)17-7)13-9(14(15)16)6(3)12(10)18-13/h6-13H,4-5H2,1-3H3,(H,15,16). The van der Waals surface area contributed by atoms with Crippen LogP contribution >= 0.6 is 0 Å². The van der Waals surface area contributed by atoms with Gasteiger partial charge in [0.2, 0.25) is 0 Å². The van der Waals surface area contributed by atoms with Crippen molar-refractivity contribution in [3.8, 4) is 0 Å². The predicted molar refractivity (Wildman–Crippen MR) is 65.2 cm³/mol. The lowest BCUT2D eigenvalue weighted by Crippen LogP contribution is -2.44. The number of carboxylic acid groups (broad SMARTS) is 1. The minimum absolute atomic E-state index is 0.0857. The summed E-state index contributed by atoms with van der Waals surface area (Å²) in [6, 6.07) is 0. The molecule has 0 aromatic heterocycles. The van der Waals surface area contributed by atoms with Crippen LogP contribution < -0.4 is 0 Å². The molecule has 0 aromatic rings. The van der Waals surface area contributed by atoms with Crippen LogP contribution in [0.4, 0.5) is 0 Å². The average molecular weight is 254 g/mol. The lowest BCUT2D eigenvalue weighted by Gasteiger charge is -2.32. The van der Waals surface area contributed by atoms with Crippen LogP contribution in [-0.4, -0.2) is 35.5 Å². The zero-order valence-electron chi connectivity index (χ0n) is 11.2. The minimum atomic E-state index is -0.705. The molecule has 0 radical (unpaired) electrons. The van der Waals surface area contributed by atoms with Gasteiger partial charge in [-0.1, -0.05) is 20.8 Å². The molecule has 3 fully saturated rings. The second-order valence-corrected chi connectivity index (χ2v) is 5.97. The van der Waals surface area contributed by atoms with Crippen molar-refractivity contribution in [2.24, 2.45) is 23.7 Å². The van der Waals surface area contributed by atoms with Gasteiger partial charge in [0.25, 0.3) is 0 Å². The number of fused-ring (bicyclic) bond motifs is 5. The van der Waals surface area contributed by atoms with Crippen molar-refractivity contribution in [1.29, 1.82) is 0 Å².